The van der Waals surface area contributed by atoms with E-state index in [1.807, 2.05) is 6.92 Å². The van der Waals surface area contributed by atoms with Crippen molar-refractivity contribution in [3.63, 3.8) is 0 Å². The zero-order valence-electron chi connectivity index (χ0n) is 9.58. The van der Waals surface area contributed by atoms with Crippen LogP contribution < -0.4 is 11.1 Å². The first-order valence-corrected chi connectivity index (χ1v) is 5.10. The molecule has 0 aliphatic carbocycles. The lowest BCUT2D eigenvalue weighted by Gasteiger charge is -2.01. The largest absolute Gasteiger partial charge is 0.396 e. The van der Waals surface area contributed by atoms with Crippen LogP contribution in [0.5, 0.6) is 0 Å². The number of carbonyl (C=O) groups excluding carboxylic acids is 1. The second kappa shape index (κ2) is 4.24. The number of hydrogen-bond donors (Lipinski definition) is 2. The number of amides is 1. The third kappa shape index (κ3) is 2.10. The number of nitrogens with two attached hydrogens (primary N) is 1. The molecular weight excluding hydrogens is 222 g/mol. The van der Waals surface area contributed by atoms with Crippen molar-refractivity contribution >= 4 is 17.5 Å². The molecular formula is C9H13N7O. The van der Waals surface area contributed by atoms with E-state index in [2.05, 4.69) is 20.5 Å². The van der Waals surface area contributed by atoms with Crippen molar-refractivity contribution in [2.75, 3.05) is 11.1 Å². The highest BCUT2D eigenvalue weighted by Gasteiger charge is 2.16. The van der Waals surface area contributed by atoms with Crippen LogP contribution in [0.3, 0.4) is 0 Å². The Morgan fingerprint density at radius 1 is 1.59 bits per heavy atom. The van der Waals surface area contributed by atoms with Crippen LogP contribution in [0, 0.1) is 0 Å². The second-order valence-electron chi connectivity index (χ2n) is 3.45. The van der Waals surface area contributed by atoms with Crippen LogP contribution in [0.1, 0.15) is 17.4 Å². The summed E-state index contributed by atoms with van der Waals surface area (Å²) in [5.41, 5.74) is 6.23. The molecule has 0 fully saturated rings. The van der Waals surface area contributed by atoms with Crippen LogP contribution in [0.15, 0.2) is 12.5 Å². The molecule has 0 spiro atoms. The predicted octanol–water partition coefficient (Wildman–Crippen LogP) is -0.134. The average molecular weight is 235 g/mol. The number of nitrogen functional groups attached to an aromatic ring is 1. The minimum Gasteiger partial charge on any atom is -0.396 e. The first kappa shape index (κ1) is 11.1. The Morgan fingerprint density at radius 2 is 2.35 bits per heavy atom. The molecule has 0 bridgehead atoms. The lowest BCUT2D eigenvalue weighted by molar-refractivity contribution is 0.102. The number of aromatic nitrogens is 5. The van der Waals surface area contributed by atoms with Gasteiger partial charge in [-0.2, -0.15) is 15.2 Å². The van der Waals surface area contributed by atoms with E-state index in [1.54, 1.807) is 17.9 Å². The summed E-state index contributed by atoms with van der Waals surface area (Å²) in [5, 5.41) is 10.5. The monoisotopic (exact) mass is 235 g/mol. The maximum atomic E-state index is 11.9. The zero-order chi connectivity index (χ0) is 12.4. The van der Waals surface area contributed by atoms with E-state index in [9.17, 15) is 4.79 Å². The van der Waals surface area contributed by atoms with Gasteiger partial charge < -0.3 is 5.73 Å². The fraction of sp³-hybridized carbons (Fsp3) is 0.333. The maximum absolute atomic E-state index is 11.9. The lowest BCUT2D eigenvalue weighted by atomic mass is 10.3. The normalized spacial score (nSPS) is 10.5. The van der Waals surface area contributed by atoms with Gasteiger partial charge >= 0.3 is 0 Å². The summed E-state index contributed by atoms with van der Waals surface area (Å²) in [6.07, 6.45) is 2.97. The van der Waals surface area contributed by atoms with Crippen molar-refractivity contribution in [2.45, 2.75) is 13.5 Å². The number of hydrogen-bond acceptors (Lipinski definition) is 5. The Bertz CT molecular complexity index is 541. The predicted molar refractivity (Wildman–Crippen MR) is 61.3 cm³/mol. The molecule has 0 aliphatic heterocycles. The summed E-state index contributed by atoms with van der Waals surface area (Å²) < 4.78 is 3.05. The topological polar surface area (TPSA) is 104 Å². The van der Waals surface area contributed by atoms with Gasteiger partial charge in [0, 0.05) is 19.8 Å². The Hall–Kier alpha value is -2.38. The Balaban J connectivity index is 2.20. The summed E-state index contributed by atoms with van der Waals surface area (Å²) in [5.74, 6) is -0.0498. The van der Waals surface area contributed by atoms with Gasteiger partial charge in [-0.15, -0.1) is 0 Å². The molecule has 0 unspecified atom stereocenters. The molecule has 0 atom stereocenters. The molecule has 8 heteroatoms. The van der Waals surface area contributed by atoms with E-state index in [-0.39, 0.29) is 5.69 Å². The van der Waals surface area contributed by atoms with Gasteiger partial charge in [0.15, 0.2) is 5.69 Å². The standard InChI is InChI=1S/C9H13N7O/c1-3-16-4-6(10)7(14-16)8(17)13-9-11-5-12-15(9)2/h4-5H,3,10H2,1-2H3,(H,11,12,13,17). The molecule has 90 valence electrons. The van der Waals surface area contributed by atoms with Gasteiger partial charge in [-0.1, -0.05) is 0 Å². The molecule has 0 saturated carbocycles. The highest BCUT2D eigenvalue weighted by Crippen LogP contribution is 2.11. The number of carbonyl (C=O) groups is 1. The molecule has 0 aromatic carbocycles. The fourth-order valence-electron chi connectivity index (χ4n) is 1.35. The number of anilines is 2. The quantitative estimate of drug-likeness (QED) is 0.771. The summed E-state index contributed by atoms with van der Waals surface area (Å²) in [4.78, 5) is 15.7. The van der Waals surface area contributed by atoms with Gasteiger partial charge in [-0.05, 0) is 6.92 Å². The SMILES string of the molecule is CCn1cc(N)c(C(=O)Nc2ncnn2C)n1. The van der Waals surface area contributed by atoms with E-state index in [1.165, 1.54) is 11.0 Å². The minimum absolute atomic E-state index is 0.190. The van der Waals surface area contributed by atoms with Crippen LogP contribution in [-0.4, -0.2) is 30.5 Å². The first-order chi connectivity index (χ1) is 8.11. The molecule has 2 aromatic rings. The van der Waals surface area contributed by atoms with Crippen molar-refractivity contribution in [1.29, 1.82) is 0 Å². The highest BCUT2D eigenvalue weighted by molar-refractivity contribution is 6.05. The summed E-state index contributed by atoms with van der Waals surface area (Å²) in [6, 6.07) is 0. The molecule has 17 heavy (non-hydrogen) atoms. The number of rotatable bonds is 3. The Morgan fingerprint density at radius 3 is 2.88 bits per heavy atom. The van der Waals surface area contributed by atoms with Gasteiger partial charge in [0.2, 0.25) is 5.95 Å². The lowest BCUT2D eigenvalue weighted by Crippen LogP contribution is -2.17. The third-order valence-electron chi connectivity index (χ3n) is 2.27. The minimum atomic E-state index is -0.397. The Kier molecular flexibility index (Phi) is 2.77. The van der Waals surface area contributed by atoms with E-state index in [0.717, 1.165) is 0 Å². The third-order valence-corrected chi connectivity index (χ3v) is 2.27. The summed E-state index contributed by atoms with van der Waals surface area (Å²) >= 11 is 0. The van der Waals surface area contributed by atoms with Crippen molar-refractivity contribution in [3.05, 3.63) is 18.2 Å². The van der Waals surface area contributed by atoms with Crippen LogP contribution in [0.25, 0.3) is 0 Å². The first-order valence-electron chi connectivity index (χ1n) is 5.10. The molecule has 2 heterocycles. The van der Waals surface area contributed by atoms with E-state index in [0.29, 0.717) is 18.2 Å². The molecule has 3 N–H and O–H groups in total. The van der Waals surface area contributed by atoms with Crippen LogP contribution in [-0.2, 0) is 13.6 Å². The molecule has 0 saturated heterocycles. The van der Waals surface area contributed by atoms with Crippen molar-refractivity contribution in [1.82, 2.24) is 24.5 Å². The zero-order valence-corrected chi connectivity index (χ0v) is 9.58. The maximum Gasteiger partial charge on any atom is 0.280 e. The Labute approximate surface area is 97.4 Å². The average Bonchev–Trinajstić information content (AvgIpc) is 2.86. The molecule has 8 nitrogen and oxygen atoms in total. The second-order valence-corrected chi connectivity index (χ2v) is 3.45. The van der Waals surface area contributed by atoms with Crippen molar-refractivity contribution in [2.24, 2.45) is 7.05 Å². The van der Waals surface area contributed by atoms with E-state index in [4.69, 9.17) is 5.73 Å². The smallest absolute Gasteiger partial charge is 0.280 e. The fourth-order valence-corrected chi connectivity index (χ4v) is 1.35. The number of aryl methyl sites for hydroxylation is 2. The van der Waals surface area contributed by atoms with Gasteiger partial charge in [0.25, 0.3) is 5.91 Å². The van der Waals surface area contributed by atoms with E-state index < -0.39 is 5.91 Å². The van der Waals surface area contributed by atoms with Gasteiger partial charge in [-0.25, -0.2) is 4.68 Å². The van der Waals surface area contributed by atoms with Crippen LogP contribution in [0.4, 0.5) is 11.6 Å². The molecule has 0 aliphatic rings. The van der Waals surface area contributed by atoms with Crippen LogP contribution in [0.2, 0.25) is 0 Å². The molecule has 1 amide bonds. The number of nitrogens with zero attached hydrogens (tertiary/aromatic N) is 5. The van der Waals surface area contributed by atoms with E-state index >= 15 is 0 Å². The van der Waals surface area contributed by atoms with Gasteiger partial charge in [-0.3, -0.25) is 14.8 Å². The summed E-state index contributed by atoms with van der Waals surface area (Å²) in [6.45, 7) is 2.57. The molecule has 0 radical (unpaired) electrons. The van der Waals surface area contributed by atoms with Crippen LogP contribution >= 0.6 is 0 Å². The van der Waals surface area contributed by atoms with Gasteiger partial charge in [0.05, 0.1) is 5.69 Å². The van der Waals surface area contributed by atoms with Gasteiger partial charge in [0.1, 0.15) is 6.33 Å². The summed E-state index contributed by atoms with van der Waals surface area (Å²) in [7, 11) is 1.68. The molecule has 2 aromatic heterocycles. The number of nitrogens with one attached hydrogen (secondary N) is 1. The highest BCUT2D eigenvalue weighted by atomic mass is 16.2. The van der Waals surface area contributed by atoms with Crippen molar-refractivity contribution < 1.29 is 4.79 Å². The molecule has 2 rings (SSSR count). The van der Waals surface area contributed by atoms with Crippen molar-refractivity contribution in [3.8, 4) is 0 Å².